The van der Waals surface area contributed by atoms with Gasteiger partial charge in [-0.2, -0.15) is 0 Å². The van der Waals surface area contributed by atoms with Crippen molar-refractivity contribution in [3.63, 3.8) is 0 Å². The number of fused-ring (bicyclic) bond motifs is 1. The molecule has 1 amide bonds. The van der Waals surface area contributed by atoms with Crippen LogP contribution in [0.1, 0.15) is 49.1 Å². The molecule has 1 unspecified atom stereocenters. The Balaban J connectivity index is 1.58. The second-order valence-corrected chi connectivity index (χ2v) is 8.16. The Bertz CT molecular complexity index is 900. The number of ether oxygens (including phenoxy) is 2. The standard InChI is InChI=1S/C23H29N3O4/c1-29-18-10-8-16(9-11-18)13-25-15-24-19-12-20(23(28)30-2)26(14-21(19)25)22(27)17-6-4-3-5-7-17/h8-11,15,17,20H,3-7,12-14H2,1-2H3. The minimum Gasteiger partial charge on any atom is -0.497 e. The molecule has 0 bridgehead atoms. The average Bonchev–Trinajstić information content (AvgIpc) is 3.20. The molecule has 7 heteroatoms. The number of aromatic nitrogens is 2. The number of rotatable bonds is 5. The molecule has 0 spiro atoms. The molecular weight excluding hydrogens is 382 g/mol. The highest BCUT2D eigenvalue weighted by Crippen LogP contribution is 2.30. The summed E-state index contributed by atoms with van der Waals surface area (Å²) in [5, 5.41) is 0. The lowest BCUT2D eigenvalue weighted by Gasteiger charge is -2.37. The maximum Gasteiger partial charge on any atom is 0.329 e. The number of hydrogen-bond donors (Lipinski definition) is 0. The third-order valence-electron chi connectivity index (χ3n) is 6.34. The summed E-state index contributed by atoms with van der Waals surface area (Å²) >= 11 is 0. The molecule has 1 aliphatic heterocycles. The van der Waals surface area contributed by atoms with Crippen LogP contribution in [0.5, 0.6) is 5.75 Å². The van der Waals surface area contributed by atoms with E-state index in [0.717, 1.165) is 48.4 Å². The third kappa shape index (κ3) is 4.06. The zero-order chi connectivity index (χ0) is 21.1. The van der Waals surface area contributed by atoms with Crippen molar-refractivity contribution in [2.45, 2.75) is 57.7 Å². The lowest BCUT2D eigenvalue weighted by atomic mass is 9.87. The second-order valence-electron chi connectivity index (χ2n) is 8.16. The van der Waals surface area contributed by atoms with Gasteiger partial charge < -0.3 is 18.9 Å². The summed E-state index contributed by atoms with van der Waals surface area (Å²) in [6.07, 6.45) is 7.35. The second kappa shape index (κ2) is 8.90. The van der Waals surface area contributed by atoms with Crippen molar-refractivity contribution >= 4 is 11.9 Å². The van der Waals surface area contributed by atoms with Crippen LogP contribution < -0.4 is 4.74 Å². The van der Waals surface area contributed by atoms with E-state index in [4.69, 9.17) is 9.47 Å². The number of carbonyl (C=O) groups is 2. The van der Waals surface area contributed by atoms with Crippen LogP contribution in [0.15, 0.2) is 30.6 Å². The SMILES string of the molecule is COC(=O)C1Cc2ncn(Cc3ccc(OC)cc3)c2CN1C(=O)C1CCCCC1. The molecule has 1 saturated carbocycles. The molecule has 0 radical (unpaired) electrons. The van der Waals surface area contributed by atoms with Gasteiger partial charge in [0, 0.05) is 18.9 Å². The Morgan fingerprint density at radius 1 is 1.10 bits per heavy atom. The molecule has 1 aliphatic carbocycles. The van der Waals surface area contributed by atoms with Gasteiger partial charge in [-0.05, 0) is 30.5 Å². The third-order valence-corrected chi connectivity index (χ3v) is 6.34. The summed E-state index contributed by atoms with van der Waals surface area (Å²) in [7, 11) is 3.03. The van der Waals surface area contributed by atoms with Crippen LogP contribution >= 0.6 is 0 Å². The molecule has 1 fully saturated rings. The molecule has 1 aromatic heterocycles. The van der Waals surface area contributed by atoms with Gasteiger partial charge in [-0.25, -0.2) is 9.78 Å². The number of carbonyl (C=O) groups excluding carboxylic acids is 2. The van der Waals surface area contributed by atoms with Crippen LogP contribution in [-0.2, 0) is 33.8 Å². The van der Waals surface area contributed by atoms with E-state index in [0.29, 0.717) is 19.5 Å². The van der Waals surface area contributed by atoms with Crippen molar-refractivity contribution in [1.29, 1.82) is 0 Å². The van der Waals surface area contributed by atoms with E-state index in [2.05, 4.69) is 9.55 Å². The van der Waals surface area contributed by atoms with Gasteiger partial charge >= 0.3 is 5.97 Å². The number of imidazole rings is 1. The lowest BCUT2D eigenvalue weighted by molar-refractivity contribution is -0.156. The molecule has 4 rings (SSSR count). The summed E-state index contributed by atoms with van der Waals surface area (Å²) in [5.41, 5.74) is 2.98. The van der Waals surface area contributed by atoms with E-state index in [1.807, 2.05) is 24.3 Å². The van der Waals surface area contributed by atoms with Crippen molar-refractivity contribution in [1.82, 2.24) is 14.5 Å². The Morgan fingerprint density at radius 2 is 1.83 bits per heavy atom. The number of benzene rings is 1. The fraction of sp³-hybridized carbons (Fsp3) is 0.522. The van der Waals surface area contributed by atoms with Crippen LogP contribution in [0.4, 0.5) is 0 Å². The van der Waals surface area contributed by atoms with Gasteiger partial charge in [0.15, 0.2) is 0 Å². The molecule has 1 atom stereocenters. The van der Waals surface area contributed by atoms with Crippen molar-refractivity contribution in [2.75, 3.05) is 14.2 Å². The average molecular weight is 412 g/mol. The number of methoxy groups -OCH3 is 2. The van der Waals surface area contributed by atoms with E-state index in [9.17, 15) is 9.59 Å². The molecule has 2 heterocycles. The number of esters is 1. The van der Waals surface area contributed by atoms with Crippen molar-refractivity contribution < 1.29 is 19.1 Å². The van der Waals surface area contributed by atoms with E-state index in [1.165, 1.54) is 13.5 Å². The normalized spacial score (nSPS) is 19.3. The number of amides is 1. The van der Waals surface area contributed by atoms with Gasteiger partial charge in [-0.3, -0.25) is 4.79 Å². The first kappa shape index (κ1) is 20.4. The first-order valence-corrected chi connectivity index (χ1v) is 10.6. The fourth-order valence-corrected chi connectivity index (χ4v) is 4.59. The Morgan fingerprint density at radius 3 is 2.50 bits per heavy atom. The molecule has 1 aromatic carbocycles. The topological polar surface area (TPSA) is 73.7 Å². The molecular formula is C23H29N3O4. The van der Waals surface area contributed by atoms with Gasteiger partial charge in [0.1, 0.15) is 11.8 Å². The van der Waals surface area contributed by atoms with Crippen molar-refractivity contribution in [2.24, 2.45) is 5.92 Å². The highest BCUT2D eigenvalue weighted by molar-refractivity contribution is 5.86. The summed E-state index contributed by atoms with van der Waals surface area (Å²) in [5.74, 6) is 0.532. The highest BCUT2D eigenvalue weighted by Gasteiger charge is 2.40. The summed E-state index contributed by atoms with van der Waals surface area (Å²) in [6.45, 7) is 1.04. The van der Waals surface area contributed by atoms with Gasteiger partial charge in [0.25, 0.3) is 0 Å². The lowest BCUT2D eigenvalue weighted by Crippen LogP contribution is -2.51. The Kier molecular flexibility index (Phi) is 6.06. The van der Waals surface area contributed by atoms with E-state index >= 15 is 0 Å². The van der Waals surface area contributed by atoms with Crippen LogP contribution in [0.3, 0.4) is 0 Å². The smallest absolute Gasteiger partial charge is 0.329 e. The first-order valence-electron chi connectivity index (χ1n) is 10.6. The molecule has 7 nitrogen and oxygen atoms in total. The molecule has 0 saturated heterocycles. The van der Waals surface area contributed by atoms with E-state index < -0.39 is 6.04 Å². The quantitative estimate of drug-likeness (QED) is 0.708. The highest BCUT2D eigenvalue weighted by atomic mass is 16.5. The molecule has 30 heavy (non-hydrogen) atoms. The molecule has 0 N–H and O–H groups in total. The van der Waals surface area contributed by atoms with E-state index in [-0.39, 0.29) is 17.8 Å². The minimum atomic E-state index is -0.596. The molecule has 2 aliphatic rings. The molecule has 160 valence electrons. The van der Waals surface area contributed by atoms with Crippen LogP contribution in [0, 0.1) is 5.92 Å². The van der Waals surface area contributed by atoms with Crippen LogP contribution in [-0.4, -0.2) is 46.6 Å². The zero-order valence-electron chi connectivity index (χ0n) is 17.7. The summed E-state index contributed by atoms with van der Waals surface area (Å²) in [4.78, 5) is 32.1. The Labute approximate surface area is 177 Å². The monoisotopic (exact) mass is 411 g/mol. The first-order chi connectivity index (χ1) is 14.6. The molecule has 2 aromatic rings. The van der Waals surface area contributed by atoms with Gasteiger partial charge in [-0.1, -0.05) is 31.4 Å². The maximum absolute atomic E-state index is 13.3. The summed E-state index contributed by atoms with van der Waals surface area (Å²) < 4.78 is 12.3. The van der Waals surface area contributed by atoms with Crippen molar-refractivity contribution in [3.05, 3.63) is 47.5 Å². The predicted molar refractivity (Wildman–Crippen MR) is 111 cm³/mol. The Hall–Kier alpha value is -2.83. The number of nitrogens with zero attached hydrogens (tertiary/aromatic N) is 3. The maximum atomic E-state index is 13.3. The zero-order valence-corrected chi connectivity index (χ0v) is 17.7. The van der Waals surface area contributed by atoms with Gasteiger partial charge in [0.05, 0.1) is 38.5 Å². The van der Waals surface area contributed by atoms with Gasteiger partial charge in [0.2, 0.25) is 5.91 Å². The minimum absolute atomic E-state index is 0.00501. The van der Waals surface area contributed by atoms with Crippen molar-refractivity contribution in [3.8, 4) is 5.75 Å². The van der Waals surface area contributed by atoms with Gasteiger partial charge in [-0.15, -0.1) is 0 Å². The largest absolute Gasteiger partial charge is 0.497 e. The predicted octanol–water partition coefficient (Wildman–Crippen LogP) is 2.95. The van der Waals surface area contributed by atoms with E-state index in [1.54, 1.807) is 18.3 Å². The van der Waals surface area contributed by atoms with Crippen LogP contribution in [0.25, 0.3) is 0 Å². The number of hydrogen-bond acceptors (Lipinski definition) is 5. The van der Waals surface area contributed by atoms with Crippen LogP contribution in [0.2, 0.25) is 0 Å². The summed E-state index contributed by atoms with van der Waals surface area (Å²) in [6, 6.07) is 7.32. The fourth-order valence-electron chi connectivity index (χ4n) is 4.59.